The molecule has 1 unspecified atom stereocenters. The first kappa shape index (κ1) is 13.8. The third kappa shape index (κ3) is 2.95. The normalized spacial score (nSPS) is 19.1. The number of aromatic nitrogens is 3. The van der Waals surface area contributed by atoms with E-state index >= 15 is 0 Å². The van der Waals surface area contributed by atoms with Crippen LogP contribution in [0.4, 0.5) is 5.82 Å². The first-order chi connectivity index (χ1) is 10.3. The Labute approximate surface area is 126 Å². The lowest BCUT2D eigenvalue weighted by Gasteiger charge is -2.13. The maximum Gasteiger partial charge on any atom is 0.216 e. The van der Waals surface area contributed by atoms with Crippen LogP contribution >= 0.6 is 0 Å². The van der Waals surface area contributed by atoms with Gasteiger partial charge in [-0.3, -0.25) is 9.48 Å². The van der Waals surface area contributed by atoms with Gasteiger partial charge in [0.25, 0.3) is 0 Å². The fourth-order valence-corrected chi connectivity index (χ4v) is 2.68. The maximum absolute atomic E-state index is 12.4. The number of pyridine rings is 1. The predicted octanol–water partition coefficient (Wildman–Crippen LogP) is 1.90. The molecule has 21 heavy (non-hydrogen) atoms. The number of nitrogens with zero attached hydrogens (tertiary/aromatic N) is 3. The van der Waals surface area contributed by atoms with E-state index in [4.69, 9.17) is 5.73 Å². The third-order valence-corrected chi connectivity index (χ3v) is 3.84. The monoisotopic (exact) mass is 289 g/mol. The van der Waals surface area contributed by atoms with Gasteiger partial charge >= 0.3 is 0 Å². The SMILES string of the molecule is Nc1ncccc1C(=O)c1ccn(C2CCCNCC2)n1.[HH].[HH]. The zero-order valence-electron chi connectivity index (χ0n) is 11.8. The molecular formula is C15H23N5O. The van der Waals surface area contributed by atoms with Gasteiger partial charge in [-0.25, -0.2) is 4.98 Å². The Balaban J connectivity index is 0.00000132. The molecule has 6 heteroatoms. The number of hydrogen-bond donors (Lipinski definition) is 2. The molecule has 0 saturated carbocycles. The average molecular weight is 289 g/mol. The van der Waals surface area contributed by atoms with E-state index in [1.165, 1.54) is 0 Å². The van der Waals surface area contributed by atoms with Crippen LogP contribution in [-0.2, 0) is 0 Å². The van der Waals surface area contributed by atoms with Crippen LogP contribution in [0.15, 0.2) is 30.6 Å². The highest BCUT2D eigenvalue weighted by Gasteiger charge is 2.19. The van der Waals surface area contributed by atoms with Crippen LogP contribution in [0.1, 0.15) is 44.2 Å². The Bertz CT molecular complexity index is 638. The van der Waals surface area contributed by atoms with Gasteiger partial charge in [0.05, 0.1) is 11.6 Å². The Hall–Kier alpha value is -2.21. The molecule has 0 spiro atoms. The molecule has 1 aliphatic rings. The molecule has 0 radical (unpaired) electrons. The number of anilines is 1. The lowest BCUT2D eigenvalue weighted by atomic mass is 10.1. The van der Waals surface area contributed by atoms with Crippen LogP contribution in [0.2, 0.25) is 0 Å². The van der Waals surface area contributed by atoms with E-state index in [9.17, 15) is 4.79 Å². The lowest BCUT2D eigenvalue weighted by Crippen LogP contribution is -2.16. The summed E-state index contributed by atoms with van der Waals surface area (Å²) in [5, 5.41) is 7.83. The minimum Gasteiger partial charge on any atom is -0.383 e. The summed E-state index contributed by atoms with van der Waals surface area (Å²) in [6.07, 6.45) is 6.70. The van der Waals surface area contributed by atoms with Gasteiger partial charge in [0.15, 0.2) is 0 Å². The quantitative estimate of drug-likeness (QED) is 0.843. The van der Waals surface area contributed by atoms with E-state index in [1.54, 1.807) is 24.4 Å². The highest BCUT2D eigenvalue weighted by atomic mass is 16.1. The number of rotatable bonds is 3. The van der Waals surface area contributed by atoms with Crippen molar-refractivity contribution in [1.82, 2.24) is 20.1 Å². The fourth-order valence-electron chi connectivity index (χ4n) is 2.68. The lowest BCUT2D eigenvalue weighted by molar-refractivity contribution is 0.103. The largest absolute Gasteiger partial charge is 0.383 e. The third-order valence-electron chi connectivity index (χ3n) is 3.84. The van der Waals surface area contributed by atoms with Crippen LogP contribution in [0.3, 0.4) is 0 Å². The van der Waals surface area contributed by atoms with Crippen LogP contribution in [-0.4, -0.2) is 33.6 Å². The molecule has 3 N–H and O–H groups in total. The number of carbonyl (C=O) groups excluding carboxylic acids is 1. The average Bonchev–Trinajstić information content (AvgIpc) is 2.83. The highest BCUT2D eigenvalue weighted by Crippen LogP contribution is 2.20. The van der Waals surface area contributed by atoms with E-state index in [1.807, 2.05) is 10.9 Å². The van der Waals surface area contributed by atoms with Gasteiger partial charge in [0.2, 0.25) is 5.78 Å². The highest BCUT2D eigenvalue weighted by molar-refractivity contribution is 6.10. The van der Waals surface area contributed by atoms with Crippen molar-refractivity contribution in [1.29, 1.82) is 0 Å². The molecule has 2 aromatic heterocycles. The molecule has 0 amide bonds. The van der Waals surface area contributed by atoms with Gasteiger partial charge in [0.1, 0.15) is 11.5 Å². The number of nitrogens with one attached hydrogen (secondary N) is 1. The van der Waals surface area contributed by atoms with Gasteiger partial charge in [-0.2, -0.15) is 5.10 Å². The molecule has 0 aromatic carbocycles. The summed E-state index contributed by atoms with van der Waals surface area (Å²) in [5.74, 6) is 0.0711. The molecular weight excluding hydrogens is 266 g/mol. The molecule has 1 atom stereocenters. The van der Waals surface area contributed by atoms with Gasteiger partial charge in [-0.1, -0.05) is 0 Å². The maximum atomic E-state index is 12.4. The van der Waals surface area contributed by atoms with Crippen molar-refractivity contribution in [3.8, 4) is 0 Å². The summed E-state index contributed by atoms with van der Waals surface area (Å²) in [6.45, 7) is 2.04. The van der Waals surface area contributed by atoms with Crippen LogP contribution in [0.25, 0.3) is 0 Å². The second-order valence-corrected chi connectivity index (χ2v) is 5.28. The summed E-state index contributed by atoms with van der Waals surface area (Å²) >= 11 is 0. The van der Waals surface area contributed by atoms with E-state index < -0.39 is 0 Å². The second-order valence-electron chi connectivity index (χ2n) is 5.28. The minimum atomic E-state index is -0.175. The van der Waals surface area contributed by atoms with E-state index in [0.717, 1.165) is 32.4 Å². The summed E-state index contributed by atoms with van der Waals surface area (Å²) in [4.78, 5) is 16.4. The second kappa shape index (κ2) is 6.05. The molecule has 1 saturated heterocycles. The Kier molecular flexibility index (Phi) is 3.96. The van der Waals surface area contributed by atoms with Gasteiger partial charge < -0.3 is 11.1 Å². The van der Waals surface area contributed by atoms with Crippen LogP contribution in [0.5, 0.6) is 0 Å². The molecule has 1 fully saturated rings. The minimum absolute atomic E-state index is 0. The zero-order valence-corrected chi connectivity index (χ0v) is 11.8. The van der Waals surface area contributed by atoms with Gasteiger partial charge in [0, 0.05) is 15.2 Å². The molecule has 2 aromatic rings. The molecule has 3 rings (SSSR count). The Morgan fingerprint density at radius 2 is 2.29 bits per heavy atom. The molecule has 0 aliphatic carbocycles. The van der Waals surface area contributed by atoms with Crippen LogP contribution in [0, 0.1) is 0 Å². The predicted molar refractivity (Wildman–Crippen MR) is 84.3 cm³/mol. The summed E-state index contributed by atoms with van der Waals surface area (Å²) in [5.41, 5.74) is 6.59. The van der Waals surface area contributed by atoms with Crippen molar-refractivity contribution in [2.45, 2.75) is 25.3 Å². The standard InChI is InChI=1S/C15H19N5O.2H2/c16-15-12(4-2-8-18-15)14(21)13-6-10-20(19-13)11-3-1-7-17-9-5-11;;/h2,4,6,8,10-11,17H,1,3,5,7,9H2,(H2,16,18);2*1H. The fraction of sp³-hybridized carbons (Fsp3) is 0.400. The molecule has 6 nitrogen and oxygen atoms in total. The van der Waals surface area contributed by atoms with Gasteiger partial charge in [-0.15, -0.1) is 0 Å². The van der Waals surface area contributed by atoms with E-state index in [0.29, 0.717) is 17.3 Å². The topological polar surface area (TPSA) is 85.8 Å². The van der Waals surface area contributed by atoms with E-state index in [2.05, 4.69) is 15.4 Å². The van der Waals surface area contributed by atoms with Crippen molar-refractivity contribution >= 4 is 11.6 Å². The molecule has 114 valence electrons. The summed E-state index contributed by atoms with van der Waals surface area (Å²) in [6, 6.07) is 5.50. The van der Waals surface area contributed by atoms with Crippen molar-refractivity contribution < 1.29 is 7.65 Å². The van der Waals surface area contributed by atoms with Crippen molar-refractivity contribution in [2.75, 3.05) is 18.8 Å². The number of nitrogen functional groups attached to an aromatic ring is 1. The van der Waals surface area contributed by atoms with Crippen molar-refractivity contribution in [3.05, 3.63) is 41.9 Å². The first-order valence-electron chi connectivity index (χ1n) is 7.27. The Morgan fingerprint density at radius 1 is 1.38 bits per heavy atom. The number of carbonyl (C=O) groups is 1. The number of nitrogens with two attached hydrogens (primary N) is 1. The molecule has 1 aliphatic heterocycles. The zero-order chi connectivity index (χ0) is 14.7. The summed E-state index contributed by atoms with van der Waals surface area (Å²) < 4.78 is 1.91. The number of ketones is 1. The number of hydrogen-bond acceptors (Lipinski definition) is 5. The molecule has 3 heterocycles. The first-order valence-corrected chi connectivity index (χ1v) is 7.27. The molecule has 0 bridgehead atoms. The van der Waals surface area contributed by atoms with E-state index in [-0.39, 0.29) is 14.5 Å². The van der Waals surface area contributed by atoms with Crippen molar-refractivity contribution in [2.24, 2.45) is 0 Å². The van der Waals surface area contributed by atoms with Crippen molar-refractivity contribution in [3.63, 3.8) is 0 Å². The smallest absolute Gasteiger partial charge is 0.216 e. The van der Waals surface area contributed by atoms with Gasteiger partial charge in [-0.05, 0) is 50.6 Å². The Morgan fingerprint density at radius 3 is 3.14 bits per heavy atom. The van der Waals surface area contributed by atoms with Crippen LogP contribution < -0.4 is 11.1 Å². The summed E-state index contributed by atoms with van der Waals surface area (Å²) in [7, 11) is 0.